The number of hydrogen-bond acceptors (Lipinski definition) is 3. The Bertz CT molecular complexity index is 355. The first kappa shape index (κ1) is 12.4. The van der Waals surface area contributed by atoms with Crippen LogP contribution in [0.3, 0.4) is 0 Å². The highest BCUT2D eigenvalue weighted by molar-refractivity contribution is 5.76. The molecule has 4 nitrogen and oxygen atoms in total. The number of rotatable bonds is 5. The van der Waals surface area contributed by atoms with Crippen LogP contribution in [0.4, 0.5) is 10.2 Å². The minimum absolute atomic E-state index is 0.0566. The third-order valence-electron chi connectivity index (χ3n) is 1.85. The highest BCUT2D eigenvalue weighted by Gasteiger charge is 2.04. The van der Waals surface area contributed by atoms with Crippen LogP contribution in [0.2, 0.25) is 0 Å². The summed E-state index contributed by atoms with van der Waals surface area (Å²) < 4.78 is 13.1. The van der Waals surface area contributed by atoms with E-state index < -0.39 is 5.82 Å². The molecule has 1 aromatic rings. The summed E-state index contributed by atoms with van der Waals surface area (Å²) in [5.41, 5.74) is 0. The fourth-order valence-corrected chi connectivity index (χ4v) is 1.20. The summed E-state index contributed by atoms with van der Waals surface area (Å²) in [5.74, 6) is -0.287. The number of nitrogens with zero attached hydrogens (tertiary/aromatic N) is 1. The van der Waals surface area contributed by atoms with Gasteiger partial charge in [0.2, 0.25) is 5.91 Å². The van der Waals surface area contributed by atoms with Crippen LogP contribution in [0.15, 0.2) is 18.3 Å². The Hall–Kier alpha value is -1.65. The number of amides is 1. The van der Waals surface area contributed by atoms with Gasteiger partial charge in [-0.25, -0.2) is 9.37 Å². The predicted molar refractivity (Wildman–Crippen MR) is 60.6 cm³/mol. The van der Waals surface area contributed by atoms with Gasteiger partial charge in [0.1, 0.15) is 0 Å². The van der Waals surface area contributed by atoms with Crippen molar-refractivity contribution in [3.8, 4) is 0 Å². The number of anilines is 1. The average Bonchev–Trinajstić information content (AvgIpc) is 2.19. The van der Waals surface area contributed by atoms with Crippen molar-refractivity contribution in [3.63, 3.8) is 0 Å². The minimum atomic E-state index is -0.410. The molecule has 0 saturated carbocycles. The van der Waals surface area contributed by atoms with Crippen molar-refractivity contribution in [3.05, 3.63) is 24.1 Å². The highest BCUT2D eigenvalue weighted by Crippen LogP contribution is 2.07. The number of aromatic nitrogens is 1. The highest BCUT2D eigenvalue weighted by atomic mass is 19.1. The van der Waals surface area contributed by atoms with E-state index in [9.17, 15) is 9.18 Å². The molecule has 0 saturated heterocycles. The van der Waals surface area contributed by atoms with E-state index >= 15 is 0 Å². The molecule has 88 valence electrons. The summed E-state index contributed by atoms with van der Waals surface area (Å²) in [6.07, 6.45) is 1.80. The second kappa shape index (κ2) is 6.05. The number of pyridine rings is 1. The van der Waals surface area contributed by atoms with Crippen LogP contribution in [-0.4, -0.2) is 23.5 Å². The maximum Gasteiger partial charge on any atom is 0.221 e. The van der Waals surface area contributed by atoms with Crippen LogP contribution >= 0.6 is 0 Å². The smallest absolute Gasteiger partial charge is 0.221 e. The van der Waals surface area contributed by atoms with E-state index in [1.807, 2.05) is 13.8 Å². The molecule has 0 aliphatic carbocycles. The van der Waals surface area contributed by atoms with E-state index in [2.05, 4.69) is 15.6 Å². The lowest BCUT2D eigenvalue weighted by molar-refractivity contribution is -0.121. The van der Waals surface area contributed by atoms with E-state index in [1.165, 1.54) is 18.3 Å². The molecule has 0 unspecified atom stereocenters. The van der Waals surface area contributed by atoms with Gasteiger partial charge in [-0.2, -0.15) is 0 Å². The maximum absolute atomic E-state index is 13.1. The fourth-order valence-electron chi connectivity index (χ4n) is 1.20. The van der Waals surface area contributed by atoms with Crippen molar-refractivity contribution in [2.24, 2.45) is 0 Å². The summed E-state index contributed by atoms with van der Waals surface area (Å²) in [4.78, 5) is 15.1. The van der Waals surface area contributed by atoms with Crippen LogP contribution in [-0.2, 0) is 4.79 Å². The van der Waals surface area contributed by atoms with E-state index in [1.54, 1.807) is 0 Å². The summed E-state index contributed by atoms with van der Waals surface area (Å²) in [6.45, 7) is 4.15. The molecule has 0 aliphatic rings. The van der Waals surface area contributed by atoms with Gasteiger partial charge in [-0.1, -0.05) is 0 Å². The van der Waals surface area contributed by atoms with Gasteiger partial charge in [0.25, 0.3) is 0 Å². The third-order valence-corrected chi connectivity index (χ3v) is 1.85. The molecule has 1 heterocycles. The quantitative estimate of drug-likeness (QED) is 0.799. The molecular weight excluding hydrogens is 209 g/mol. The summed E-state index contributed by atoms with van der Waals surface area (Å²) in [7, 11) is 0. The van der Waals surface area contributed by atoms with Crippen LogP contribution in [0.5, 0.6) is 0 Å². The Morgan fingerprint density at radius 2 is 2.31 bits per heavy atom. The van der Waals surface area contributed by atoms with Crippen molar-refractivity contribution >= 4 is 11.7 Å². The Balaban J connectivity index is 2.31. The summed E-state index contributed by atoms with van der Waals surface area (Å²) in [6, 6.07) is 2.97. The molecule has 0 aliphatic heterocycles. The lowest BCUT2D eigenvalue weighted by atomic mass is 10.3. The molecule has 2 N–H and O–H groups in total. The molecule has 1 aromatic heterocycles. The number of halogens is 1. The maximum atomic E-state index is 13.1. The van der Waals surface area contributed by atoms with Crippen LogP contribution in [0.1, 0.15) is 20.3 Å². The van der Waals surface area contributed by atoms with Crippen LogP contribution in [0, 0.1) is 5.82 Å². The zero-order chi connectivity index (χ0) is 12.0. The molecule has 0 fully saturated rings. The fraction of sp³-hybridized carbons (Fsp3) is 0.455. The number of nitrogens with one attached hydrogen (secondary N) is 2. The van der Waals surface area contributed by atoms with Gasteiger partial charge in [0, 0.05) is 25.2 Å². The second-order valence-electron chi connectivity index (χ2n) is 3.73. The predicted octanol–water partition coefficient (Wildman–Crippen LogP) is 1.55. The van der Waals surface area contributed by atoms with Gasteiger partial charge >= 0.3 is 0 Å². The van der Waals surface area contributed by atoms with E-state index in [0.29, 0.717) is 13.0 Å². The Morgan fingerprint density at radius 1 is 1.56 bits per heavy atom. The van der Waals surface area contributed by atoms with Crippen molar-refractivity contribution in [2.45, 2.75) is 26.3 Å². The molecule has 1 amide bonds. The zero-order valence-corrected chi connectivity index (χ0v) is 9.46. The lowest BCUT2D eigenvalue weighted by Gasteiger charge is -2.09. The SMILES string of the molecule is CC(C)NC(=O)CCNc1ncccc1F. The Kier molecular flexibility index (Phi) is 4.69. The molecule has 1 rings (SSSR count). The molecule has 0 aromatic carbocycles. The molecule has 0 radical (unpaired) electrons. The van der Waals surface area contributed by atoms with Gasteiger partial charge < -0.3 is 10.6 Å². The molecule has 0 spiro atoms. The van der Waals surface area contributed by atoms with E-state index in [0.717, 1.165) is 0 Å². The molecule has 16 heavy (non-hydrogen) atoms. The van der Waals surface area contributed by atoms with E-state index in [-0.39, 0.29) is 17.8 Å². The first-order chi connectivity index (χ1) is 7.59. The number of hydrogen-bond donors (Lipinski definition) is 2. The van der Waals surface area contributed by atoms with Crippen molar-refractivity contribution in [2.75, 3.05) is 11.9 Å². The first-order valence-electron chi connectivity index (χ1n) is 5.23. The minimum Gasteiger partial charge on any atom is -0.367 e. The molecular formula is C11H16FN3O. The Morgan fingerprint density at radius 3 is 2.94 bits per heavy atom. The topological polar surface area (TPSA) is 54.0 Å². The lowest BCUT2D eigenvalue weighted by Crippen LogP contribution is -2.31. The zero-order valence-electron chi connectivity index (χ0n) is 9.46. The molecule has 5 heteroatoms. The van der Waals surface area contributed by atoms with Crippen molar-refractivity contribution < 1.29 is 9.18 Å². The normalized spacial score (nSPS) is 10.2. The monoisotopic (exact) mass is 225 g/mol. The van der Waals surface area contributed by atoms with Crippen LogP contribution < -0.4 is 10.6 Å². The van der Waals surface area contributed by atoms with Crippen molar-refractivity contribution in [1.82, 2.24) is 10.3 Å². The van der Waals surface area contributed by atoms with Gasteiger partial charge in [0.15, 0.2) is 11.6 Å². The van der Waals surface area contributed by atoms with Crippen molar-refractivity contribution in [1.29, 1.82) is 0 Å². The average molecular weight is 225 g/mol. The number of carbonyl (C=O) groups excluding carboxylic acids is 1. The number of carbonyl (C=O) groups is 1. The van der Waals surface area contributed by atoms with Gasteiger partial charge in [-0.15, -0.1) is 0 Å². The van der Waals surface area contributed by atoms with Gasteiger partial charge in [-0.05, 0) is 26.0 Å². The van der Waals surface area contributed by atoms with Crippen LogP contribution in [0.25, 0.3) is 0 Å². The largest absolute Gasteiger partial charge is 0.367 e. The third kappa shape index (κ3) is 4.25. The first-order valence-corrected chi connectivity index (χ1v) is 5.23. The Labute approximate surface area is 94.3 Å². The molecule has 0 atom stereocenters. The van der Waals surface area contributed by atoms with Gasteiger partial charge in [0.05, 0.1) is 0 Å². The second-order valence-corrected chi connectivity index (χ2v) is 3.73. The summed E-state index contributed by atoms with van der Waals surface area (Å²) >= 11 is 0. The summed E-state index contributed by atoms with van der Waals surface area (Å²) in [5, 5.41) is 5.52. The molecule has 0 bridgehead atoms. The van der Waals surface area contributed by atoms with Gasteiger partial charge in [-0.3, -0.25) is 4.79 Å². The standard InChI is InChI=1S/C11H16FN3O/c1-8(2)15-10(16)5-7-14-11-9(12)4-3-6-13-11/h3-4,6,8H,5,7H2,1-2H3,(H,13,14)(H,15,16). The van der Waals surface area contributed by atoms with E-state index in [4.69, 9.17) is 0 Å².